The van der Waals surface area contributed by atoms with E-state index in [4.69, 9.17) is 5.11 Å². The van der Waals surface area contributed by atoms with Crippen LogP contribution in [0.15, 0.2) is 11.3 Å². The third-order valence-corrected chi connectivity index (χ3v) is 2.81. The number of hydrogen-bond acceptors (Lipinski definition) is 2. The highest BCUT2D eigenvalue weighted by Crippen LogP contribution is 2.33. The molecule has 0 spiro atoms. The molecule has 3 heteroatoms. The van der Waals surface area contributed by atoms with Crippen LogP contribution in [0.5, 0.6) is 0 Å². The van der Waals surface area contributed by atoms with E-state index in [1.54, 1.807) is 0 Å². The average molecular weight is 171 g/mol. The first-order valence-corrected chi connectivity index (χ1v) is 4.52. The smallest absolute Gasteiger partial charge is 0.104 e. The van der Waals surface area contributed by atoms with Gasteiger partial charge in [-0.3, -0.25) is 0 Å². The number of halogens is 1. The summed E-state index contributed by atoms with van der Waals surface area (Å²) in [4.78, 5) is 0. The standard InChI is InChI=1S/C9H14FNO/c10-7-1-2-9-8(3-7)6(5-12)4-11-9/h6-7,11-12H,1-5H2. The van der Waals surface area contributed by atoms with Crippen LogP contribution in [-0.2, 0) is 0 Å². The SMILES string of the molecule is OCC1CNC2=C1CC(F)CC2. The largest absolute Gasteiger partial charge is 0.396 e. The number of nitrogens with one attached hydrogen (secondary N) is 1. The third kappa shape index (κ3) is 1.22. The number of allylic oxidation sites excluding steroid dienone is 1. The van der Waals surface area contributed by atoms with E-state index in [1.807, 2.05) is 0 Å². The van der Waals surface area contributed by atoms with E-state index in [2.05, 4.69) is 5.32 Å². The van der Waals surface area contributed by atoms with Crippen LogP contribution < -0.4 is 5.32 Å². The Morgan fingerprint density at radius 1 is 1.58 bits per heavy atom. The molecule has 1 heterocycles. The van der Waals surface area contributed by atoms with Crippen molar-refractivity contribution in [1.29, 1.82) is 0 Å². The molecule has 2 rings (SSSR count). The second-order valence-electron chi connectivity index (χ2n) is 3.60. The first kappa shape index (κ1) is 8.05. The quantitative estimate of drug-likeness (QED) is 0.616. The van der Waals surface area contributed by atoms with E-state index in [-0.39, 0.29) is 12.5 Å². The summed E-state index contributed by atoms with van der Waals surface area (Å²) in [7, 11) is 0. The summed E-state index contributed by atoms with van der Waals surface area (Å²) >= 11 is 0. The van der Waals surface area contributed by atoms with Gasteiger partial charge in [-0.2, -0.15) is 0 Å². The molecule has 2 N–H and O–H groups in total. The van der Waals surface area contributed by atoms with Crippen LogP contribution in [0.2, 0.25) is 0 Å². The molecule has 0 aromatic rings. The summed E-state index contributed by atoms with van der Waals surface area (Å²) in [5.74, 6) is 0.179. The number of hydrogen-bond donors (Lipinski definition) is 2. The van der Waals surface area contributed by atoms with E-state index in [0.717, 1.165) is 18.5 Å². The van der Waals surface area contributed by atoms with E-state index < -0.39 is 6.17 Å². The summed E-state index contributed by atoms with van der Waals surface area (Å²) in [6, 6.07) is 0. The van der Waals surface area contributed by atoms with Gasteiger partial charge in [-0.25, -0.2) is 4.39 Å². The topological polar surface area (TPSA) is 32.3 Å². The zero-order chi connectivity index (χ0) is 8.55. The first-order chi connectivity index (χ1) is 5.81. The van der Waals surface area contributed by atoms with Gasteiger partial charge in [0, 0.05) is 24.6 Å². The van der Waals surface area contributed by atoms with Crippen molar-refractivity contribution in [3.63, 3.8) is 0 Å². The van der Waals surface area contributed by atoms with Crippen molar-refractivity contribution < 1.29 is 9.50 Å². The van der Waals surface area contributed by atoms with Crippen LogP contribution >= 0.6 is 0 Å². The minimum atomic E-state index is -0.683. The Labute approximate surface area is 71.5 Å². The third-order valence-electron chi connectivity index (χ3n) is 2.81. The highest BCUT2D eigenvalue weighted by Gasteiger charge is 2.30. The number of aliphatic hydroxyl groups is 1. The van der Waals surface area contributed by atoms with Crippen molar-refractivity contribution in [2.45, 2.75) is 25.4 Å². The lowest BCUT2D eigenvalue weighted by molar-refractivity contribution is 0.238. The Morgan fingerprint density at radius 2 is 2.42 bits per heavy atom. The van der Waals surface area contributed by atoms with E-state index in [0.29, 0.717) is 12.8 Å². The molecule has 2 atom stereocenters. The molecular formula is C9H14FNO. The summed E-state index contributed by atoms with van der Waals surface area (Å²) in [6.07, 6.45) is 1.32. The molecule has 0 saturated carbocycles. The summed E-state index contributed by atoms with van der Waals surface area (Å²) in [5.41, 5.74) is 2.33. The minimum Gasteiger partial charge on any atom is -0.396 e. The fourth-order valence-electron chi connectivity index (χ4n) is 2.08. The number of rotatable bonds is 1. The van der Waals surface area contributed by atoms with Gasteiger partial charge in [0.25, 0.3) is 0 Å². The molecule has 0 fully saturated rings. The zero-order valence-electron chi connectivity index (χ0n) is 7.02. The Hall–Kier alpha value is -0.570. The van der Waals surface area contributed by atoms with Crippen LogP contribution in [0, 0.1) is 5.92 Å². The predicted octanol–water partition coefficient (Wildman–Crippen LogP) is 0.974. The number of alkyl halides is 1. The van der Waals surface area contributed by atoms with Crippen molar-refractivity contribution in [3.8, 4) is 0 Å². The molecule has 1 aliphatic carbocycles. The lowest BCUT2D eigenvalue weighted by Crippen LogP contribution is -2.15. The van der Waals surface area contributed by atoms with Gasteiger partial charge in [0.15, 0.2) is 0 Å². The minimum absolute atomic E-state index is 0.151. The molecule has 0 amide bonds. The fourth-order valence-corrected chi connectivity index (χ4v) is 2.08. The lowest BCUT2D eigenvalue weighted by Gasteiger charge is -2.19. The van der Waals surface area contributed by atoms with Gasteiger partial charge in [0.2, 0.25) is 0 Å². The molecule has 2 aliphatic rings. The molecular weight excluding hydrogens is 157 g/mol. The first-order valence-electron chi connectivity index (χ1n) is 4.52. The fraction of sp³-hybridized carbons (Fsp3) is 0.778. The predicted molar refractivity (Wildman–Crippen MR) is 44.4 cm³/mol. The van der Waals surface area contributed by atoms with Crippen molar-refractivity contribution in [2.75, 3.05) is 13.2 Å². The molecule has 2 nitrogen and oxygen atoms in total. The summed E-state index contributed by atoms with van der Waals surface area (Å²) < 4.78 is 13.0. The second kappa shape index (κ2) is 3.05. The summed E-state index contributed by atoms with van der Waals surface area (Å²) in [6.45, 7) is 0.951. The summed E-state index contributed by atoms with van der Waals surface area (Å²) in [5, 5.41) is 12.2. The van der Waals surface area contributed by atoms with Crippen molar-refractivity contribution in [3.05, 3.63) is 11.3 Å². The van der Waals surface area contributed by atoms with Gasteiger partial charge in [0.1, 0.15) is 6.17 Å². The molecule has 0 bridgehead atoms. The molecule has 12 heavy (non-hydrogen) atoms. The zero-order valence-corrected chi connectivity index (χ0v) is 7.02. The molecule has 0 aromatic carbocycles. The maximum atomic E-state index is 13.0. The van der Waals surface area contributed by atoms with Crippen LogP contribution in [0.4, 0.5) is 4.39 Å². The molecule has 2 unspecified atom stereocenters. The Kier molecular flexibility index (Phi) is 2.05. The van der Waals surface area contributed by atoms with Gasteiger partial charge in [-0.05, 0) is 18.4 Å². The van der Waals surface area contributed by atoms with Gasteiger partial charge in [-0.15, -0.1) is 0 Å². The second-order valence-corrected chi connectivity index (χ2v) is 3.60. The monoisotopic (exact) mass is 171 g/mol. The highest BCUT2D eigenvalue weighted by atomic mass is 19.1. The van der Waals surface area contributed by atoms with Crippen LogP contribution in [-0.4, -0.2) is 24.4 Å². The van der Waals surface area contributed by atoms with Gasteiger partial charge < -0.3 is 10.4 Å². The molecule has 0 saturated heterocycles. The van der Waals surface area contributed by atoms with Crippen molar-refractivity contribution >= 4 is 0 Å². The Balaban J connectivity index is 2.14. The van der Waals surface area contributed by atoms with Crippen LogP contribution in [0.3, 0.4) is 0 Å². The molecule has 1 aliphatic heterocycles. The van der Waals surface area contributed by atoms with Gasteiger partial charge in [0.05, 0.1) is 6.61 Å². The van der Waals surface area contributed by atoms with Crippen molar-refractivity contribution in [2.24, 2.45) is 5.92 Å². The molecule has 68 valence electrons. The van der Waals surface area contributed by atoms with Gasteiger partial charge >= 0.3 is 0 Å². The maximum Gasteiger partial charge on any atom is 0.104 e. The van der Waals surface area contributed by atoms with Gasteiger partial charge in [-0.1, -0.05) is 0 Å². The van der Waals surface area contributed by atoms with E-state index in [9.17, 15) is 4.39 Å². The number of aliphatic hydroxyl groups excluding tert-OH is 1. The normalized spacial score (nSPS) is 34.8. The Morgan fingerprint density at radius 3 is 3.17 bits per heavy atom. The molecule has 0 aromatic heterocycles. The molecule has 0 radical (unpaired) electrons. The Bertz CT molecular complexity index is 215. The highest BCUT2D eigenvalue weighted by molar-refractivity contribution is 5.25. The van der Waals surface area contributed by atoms with Crippen LogP contribution in [0.25, 0.3) is 0 Å². The lowest BCUT2D eigenvalue weighted by atomic mass is 9.89. The van der Waals surface area contributed by atoms with E-state index >= 15 is 0 Å². The van der Waals surface area contributed by atoms with Crippen LogP contribution in [0.1, 0.15) is 19.3 Å². The average Bonchev–Trinajstić information content (AvgIpc) is 2.46. The van der Waals surface area contributed by atoms with E-state index in [1.165, 1.54) is 5.70 Å². The van der Waals surface area contributed by atoms with Crippen molar-refractivity contribution in [1.82, 2.24) is 5.32 Å². The maximum absolute atomic E-state index is 13.0.